The Kier molecular flexibility index (Phi) is 18.6. The van der Waals surface area contributed by atoms with Crippen LogP contribution in [-0.2, 0) is 32.9 Å². The minimum absolute atomic E-state index is 0.0784. The molecule has 0 saturated heterocycles. The number of carboxylic acids is 2. The number of carbonyl (C=O) groups excluding carboxylic acids is 4. The van der Waals surface area contributed by atoms with Gasteiger partial charge < -0.3 is 14.3 Å². The van der Waals surface area contributed by atoms with Crippen LogP contribution in [0.3, 0.4) is 0 Å². The molecule has 0 atom stereocenters. The van der Waals surface area contributed by atoms with Gasteiger partial charge >= 0.3 is 24.2 Å². The lowest BCUT2D eigenvalue weighted by Gasteiger charge is -2.35. The van der Waals surface area contributed by atoms with Gasteiger partial charge in [0.25, 0.3) is 0 Å². The van der Waals surface area contributed by atoms with E-state index >= 15 is 0 Å². The number of carboxylic acid groups (broad SMARTS) is 2. The van der Waals surface area contributed by atoms with E-state index in [2.05, 4.69) is 40.0 Å². The molecule has 0 radical (unpaired) electrons. The lowest BCUT2D eigenvalue weighted by Crippen LogP contribution is -2.44. The molecule has 0 aliphatic carbocycles. The highest BCUT2D eigenvalue weighted by atomic mass is 28.4. The van der Waals surface area contributed by atoms with Crippen LogP contribution in [0.5, 0.6) is 0 Å². The molecule has 0 aliphatic rings. The molecule has 29 heavy (non-hydrogen) atoms. The van der Waals surface area contributed by atoms with Crippen molar-refractivity contribution in [2.24, 2.45) is 11.8 Å². The van der Waals surface area contributed by atoms with Crippen molar-refractivity contribution in [3.63, 3.8) is 0 Å². The zero-order valence-corrected chi connectivity index (χ0v) is 20.1. The van der Waals surface area contributed by atoms with Crippen molar-refractivity contribution in [3.8, 4) is 0 Å². The average Bonchev–Trinajstić information content (AvgIpc) is 2.50. The Hall–Kier alpha value is -1.91. The minimum Gasteiger partial charge on any atom is -0.481 e. The third-order valence-electron chi connectivity index (χ3n) is 3.96. The van der Waals surface area contributed by atoms with Crippen LogP contribution in [0, 0.1) is 11.8 Å². The molecule has 0 bridgehead atoms. The first kappa shape index (κ1) is 31.8. The quantitative estimate of drug-likeness (QED) is 0.426. The molecule has 11 heteroatoms. The largest absolute Gasteiger partial charge is 0.481 e. The third-order valence-corrected chi connectivity index (χ3v) is 11.4. The monoisotopic (exact) mass is 450 g/mol. The molecule has 168 valence electrons. The molecule has 0 aromatic heterocycles. The van der Waals surface area contributed by atoms with Crippen molar-refractivity contribution in [1.82, 2.24) is 0 Å². The molecule has 0 aromatic rings. The smallest absolute Gasteiger partial charge is 0.373 e. The van der Waals surface area contributed by atoms with Gasteiger partial charge in [-0.1, -0.05) is 20.3 Å². The summed E-state index contributed by atoms with van der Waals surface area (Å²) in [4.78, 5) is 54.3. The van der Waals surface area contributed by atoms with Gasteiger partial charge in [-0.15, -0.1) is 0 Å². The molecule has 0 amide bonds. The molecule has 0 unspecified atom stereocenters. The second-order valence-electron chi connectivity index (χ2n) is 8.32. The maximum atomic E-state index is 10.9. The van der Waals surface area contributed by atoms with Crippen LogP contribution in [0.15, 0.2) is 0 Å². The highest BCUT2D eigenvalue weighted by Crippen LogP contribution is 2.28. The lowest BCUT2D eigenvalue weighted by atomic mass is 9.99. The Morgan fingerprint density at radius 1 is 0.793 bits per heavy atom. The summed E-state index contributed by atoms with van der Waals surface area (Å²) in [5, 5.41) is 17.9. The molecule has 0 spiro atoms. The predicted octanol–water partition coefficient (Wildman–Crippen LogP) is 3.25. The van der Waals surface area contributed by atoms with E-state index in [4.69, 9.17) is 33.5 Å². The minimum atomic E-state index is -1.90. The summed E-state index contributed by atoms with van der Waals surface area (Å²) in [5.74, 6) is -1.49. The Balaban J connectivity index is -0.000000993. The van der Waals surface area contributed by atoms with Crippen molar-refractivity contribution >= 4 is 40.9 Å². The summed E-state index contributed by atoms with van der Waals surface area (Å²) in [6, 6.07) is 1.95. The van der Waals surface area contributed by atoms with Crippen LogP contribution in [0.2, 0.25) is 38.3 Å². The second-order valence-corrected chi connectivity index (χ2v) is 17.2. The first-order valence-corrected chi connectivity index (χ1v) is 15.5. The van der Waals surface area contributed by atoms with Gasteiger partial charge in [0, 0.05) is 12.8 Å². The lowest BCUT2D eigenvalue weighted by molar-refractivity contribution is -0.193. The van der Waals surface area contributed by atoms with Gasteiger partial charge in [0.2, 0.25) is 0 Å². The molecule has 0 aliphatic heterocycles. The fraction of sp³-hybridized carbons (Fsp3) is 0.778. The molecule has 0 rings (SSSR count). The van der Waals surface area contributed by atoms with Crippen molar-refractivity contribution < 1.29 is 43.1 Å². The van der Waals surface area contributed by atoms with E-state index < -0.39 is 28.6 Å². The first-order valence-electron chi connectivity index (χ1n) is 9.28. The van der Waals surface area contributed by atoms with E-state index in [1.807, 2.05) is 0 Å². The molecule has 2 N–H and O–H groups in total. The van der Waals surface area contributed by atoms with E-state index in [1.165, 1.54) is 6.42 Å². The fourth-order valence-corrected chi connectivity index (χ4v) is 12.0. The number of hydrogen-bond donors (Lipinski definition) is 2. The zero-order chi connectivity index (χ0) is 23.7. The topological polar surface area (TPSA) is 152 Å². The van der Waals surface area contributed by atoms with Gasteiger partial charge in [-0.3, -0.25) is 9.59 Å². The number of hydrogen-bond acceptors (Lipinski definition) is 7. The number of carbonyl (C=O) groups is 2. The Morgan fingerprint density at radius 3 is 1.38 bits per heavy atom. The standard InChI is InChI=1S/C16H34O5Si2.2CO2/c1-13(2)7-9-22(3,4)21-23(5,6)10-8-14(11-15(17)18)12-16(19)20;2*2-1-3/h13-14H,7-12H2,1-6H3,(H,17,18)(H,19,20);;. The van der Waals surface area contributed by atoms with Gasteiger partial charge in [-0.25, -0.2) is 0 Å². The highest BCUT2D eigenvalue weighted by molar-refractivity contribution is 6.84. The normalized spacial score (nSPS) is 10.8. The first-order chi connectivity index (χ1) is 13.2. The summed E-state index contributed by atoms with van der Waals surface area (Å²) in [6.07, 6.45) is 2.13. The summed E-state index contributed by atoms with van der Waals surface area (Å²) < 4.78 is 6.52. The van der Waals surface area contributed by atoms with Crippen LogP contribution < -0.4 is 0 Å². The number of aliphatic carboxylic acids is 2. The van der Waals surface area contributed by atoms with E-state index in [1.54, 1.807) is 0 Å². The van der Waals surface area contributed by atoms with E-state index in [0.29, 0.717) is 12.3 Å². The van der Waals surface area contributed by atoms with Gasteiger partial charge in [0.15, 0.2) is 16.6 Å². The molecular formula is C18H34O9Si2. The molecular weight excluding hydrogens is 416 g/mol. The Labute approximate surface area is 174 Å². The maximum Gasteiger partial charge on any atom is 0.373 e. The molecule has 9 nitrogen and oxygen atoms in total. The summed E-state index contributed by atoms with van der Waals surface area (Å²) in [5.41, 5.74) is 0. The Bertz CT molecular complexity index is 520. The zero-order valence-electron chi connectivity index (χ0n) is 18.1. The van der Waals surface area contributed by atoms with Crippen molar-refractivity contribution in [1.29, 1.82) is 0 Å². The van der Waals surface area contributed by atoms with Gasteiger partial charge in [0.05, 0.1) is 0 Å². The highest BCUT2D eigenvalue weighted by Gasteiger charge is 2.33. The summed E-state index contributed by atoms with van der Waals surface area (Å²) in [7, 11) is -3.61. The van der Waals surface area contributed by atoms with E-state index in [0.717, 1.165) is 12.1 Å². The van der Waals surface area contributed by atoms with Crippen molar-refractivity contribution in [2.75, 3.05) is 0 Å². The van der Waals surface area contributed by atoms with Crippen LogP contribution in [0.25, 0.3) is 0 Å². The van der Waals surface area contributed by atoms with Crippen LogP contribution in [0.4, 0.5) is 0 Å². The van der Waals surface area contributed by atoms with Crippen LogP contribution in [0.1, 0.15) is 39.5 Å². The molecule has 0 aromatic carbocycles. The van der Waals surface area contributed by atoms with Crippen molar-refractivity contribution in [3.05, 3.63) is 0 Å². The molecule has 0 heterocycles. The maximum absolute atomic E-state index is 10.9. The average molecular weight is 451 g/mol. The second kappa shape index (κ2) is 17.0. The summed E-state index contributed by atoms with van der Waals surface area (Å²) >= 11 is 0. The Morgan fingerprint density at radius 2 is 1.10 bits per heavy atom. The fourth-order valence-electron chi connectivity index (χ4n) is 2.81. The third kappa shape index (κ3) is 26.1. The predicted molar refractivity (Wildman–Crippen MR) is 108 cm³/mol. The van der Waals surface area contributed by atoms with Gasteiger partial charge in [-0.2, -0.15) is 19.2 Å². The van der Waals surface area contributed by atoms with Gasteiger partial charge in [-0.05, 0) is 56.5 Å². The van der Waals surface area contributed by atoms with Gasteiger partial charge in [0.1, 0.15) is 0 Å². The van der Waals surface area contributed by atoms with Crippen LogP contribution >= 0.6 is 0 Å². The summed E-state index contributed by atoms with van der Waals surface area (Å²) in [6.45, 7) is 13.3. The van der Waals surface area contributed by atoms with Crippen LogP contribution in [-0.4, -0.2) is 51.1 Å². The molecule has 0 fully saturated rings. The molecule has 0 saturated carbocycles. The SMILES string of the molecule is CC(C)CC[Si](C)(C)O[Si](C)(C)CCC(CC(=O)O)CC(=O)O.O=C=O.O=C=O. The van der Waals surface area contributed by atoms with Crippen molar-refractivity contribution in [2.45, 2.75) is 77.8 Å². The number of rotatable bonds is 12. The van der Waals surface area contributed by atoms with E-state index in [-0.39, 0.29) is 31.1 Å². The van der Waals surface area contributed by atoms with E-state index in [9.17, 15) is 9.59 Å².